The molecule has 0 radical (unpaired) electrons. The van der Waals surface area contributed by atoms with E-state index in [0.717, 1.165) is 32.6 Å². The van der Waals surface area contributed by atoms with Gasteiger partial charge in [0.2, 0.25) is 0 Å². The molecule has 0 aromatic heterocycles. The van der Waals surface area contributed by atoms with Crippen LogP contribution in [0.25, 0.3) is 0 Å². The molecule has 1 heterocycles. The first kappa shape index (κ1) is 18.1. The first-order valence-corrected chi connectivity index (χ1v) is 8.97. The summed E-state index contributed by atoms with van der Waals surface area (Å²) in [6, 6.07) is 4.49. The first-order valence-electron chi connectivity index (χ1n) is 8.97. The Kier molecular flexibility index (Phi) is 6.72. The number of nitrogens with one attached hydrogen (secondary N) is 1. The van der Waals surface area contributed by atoms with Gasteiger partial charge in [-0.25, -0.2) is 0 Å². The Morgan fingerprint density at radius 3 is 2.43 bits per heavy atom. The van der Waals surface area contributed by atoms with E-state index >= 15 is 0 Å². The van der Waals surface area contributed by atoms with Gasteiger partial charge in [-0.05, 0) is 70.3 Å². The molecule has 2 rings (SSSR count). The lowest BCUT2D eigenvalue weighted by Crippen LogP contribution is -2.45. The van der Waals surface area contributed by atoms with Crippen LogP contribution in [0.3, 0.4) is 0 Å². The second kappa shape index (κ2) is 8.55. The van der Waals surface area contributed by atoms with Gasteiger partial charge in [-0.3, -0.25) is 0 Å². The molecule has 1 aromatic rings. The summed E-state index contributed by atoms with van der Waals surface area (Å²) in [6.45, 7) is 12.5. The third-order valence-electron chi connectivity index (χ3n) is 4.72. The number of anilines is 2. The summed E-state index contributed by atoms with van der Waals surface area (Å²) >= 11 is 0. The minimum atomic E-state index is 0.291. The molecular formula is C19H33N3O. The molecule has 1 aliphatic rings. The number of benzene rings is 1. The predicted octanol–water partition coefficient (Wildman–Crippen LogP) is 3.46. The summed E-state index contributed by atoms with van der Waals surface area (Å²) in [5, 5.41) is 3.58. The summed E-state index contributed by atoms with van der Waals surface area (Å²) in [6.07, 6.45) is 4.07. The molecule has 1 aliphatic heterocycles. The van der Waals surface area contributed by atoms with E-state index in [9.17, 15) is 0 Å². The second-order valence-corrected chi connectivity index (χ2v) is 6.82. The molecule has 1 saturated heterocycles. The van der Waals surface area contributed by atoms with Crippen LogP contribution in [0.1, 0.15) is 44.2 Å². The van der Waals surface area contributed by atoms with Crippen molar-refractivity contribution < 1.29 is 4.74 Å². The van der Waals surface area contributed by atoms with Gasteiger partial charge in [0.25, 0.3) is 0 Å². The van der Waals surface area contributed by atoms with Crippen molar-refractivity contribution in [3.8, 4) is 0 Å². The van der Waals surface area contributed by atoms with Crippen LogP contribution in [0.4, 0.5) is 11.4 Å². The fourth-order valence-electron chi connectivity index (χ4n) is 3.38. The summed E-state index contributed by atoms with van der Waals surface area (Å²) in [5.74, 6) is 0. The fourth-order valence-corrected chi connectivity index (χ4v) is 3.38. The quantitative estimate of drug-likeness (QED) is 0.756. The van der Waals surface area contributed by atoms with Gasteiger partial charge in [0.05, 0.1) is 12.2 Å². The molecule has 0 bridgehead atoms. The highest BCUT2D eigenvalue weighted by molar-refractivity contribution is 5.66. The van der Waals surface area contributed by atoms with E-state index in [1.165, 1.54) is 35.3 Å². The van der Waals surface area contributed by atoms with Crippen molar-refractivity contribution in [1.82, 2.24) is 0 Å². The van der Waals surface area contributed by atoms with Crippen molar-refractivity contribution in [1.29, 1.82) is 0 Å². The van der Waals surface area contributed by atoms with Gasteiger partial charge < -0.3 is 20.7 Å². The zero-order valence-electron chi connectivity index (χ0n) is 15.2. The topological polar surface area (TPSA) is 50.5 Å². The molecule has 0 saturated carbocycles. The fraction of sp³-hybridized carbons (Fsp3) is 0.684. The zero-order chi connectivity index (χ0) is 16.8. The second-order valence-electron chi connectivity index (χ2n) is 6.82. The van der Waals surface area contributed by atoms with Crippen molar-refractivity contribution in [2.75, 3.05) is 36.4 Å². The predicted molar refractivity (Wildman–Crippen MR) is 99.5 cm³/mol. The highest BCUT2D eigenvalue weighted by atomic mass is 16.5. The smallest absolute Gasteiger partial charge is 0.0726 e. The average molecular weight is 319 g/mol. The maximum absolute atomic E-state index is 5.85. The molecule has 0 amide bonds. The lowest BCUT2D eigenvalue weighted by molar-refractivity contribution is -0.00524. The van der Waals surface area contributed by atoms with Crippen molar-refractivity contribution in [3.63, 3.8) is 0 Å². The number of nitrogens with two attached hydrogens (primary N) is 1. The lowest BCUT2D eigenvalue weighted by atomic mass is 10.0. The monoisotopic (exact) mass is 319 g/mol. The third-order valence-corrected chi connectivity index (χ3v) is 4.72. The van der Waals surface area contributed by atoms with Gasteiger partial charge in [-0.15, -0.1) is 0 Å². The molecular weight excluding hydrogens is 286 g/mol. The van der Waals surface area contributed by atoms with Crippen LogP contribution >= 0.6 is 0 Å². The van der Waals surface area contributed by atoms with Crippen molar-refractivity contribution in [2.45, 2.75) is 59.2 Å². The number of rotatable bonds is 7. The summed E-state index contributed by atoms with van der Waals surface area (Å²) < 4.78 is 5.85. The van der Waals surface area contributed by atoms with Crippen molar-refractivity contribution >= 4 is 11.4 Å². The molecule has 4 nitrogen and oxygen atoms in total. The van der Waals surface area contributed by atoms with Gasteiger partial charge in [-0.2, -0.15) is 0 Å². The van der Waals surface area contributed by atoms with E-state index in [2.05, 4.69) is 50.0 Å². The van der Waals surface area contributed by atoms with Crippen LogP contribution in [-0.2, 0) is 4.74 Å². The zero-order valence-corrected chi connectivity index (χ0v) is 15.2. The number of hydrogen-bond donors (Lipinski definition) is 2. The maximum Gasteiger partial charge on any atom is 0.0726 e. The first-order chi connectivity index (χ1) is 11.0. The molecule has 0 aliphatic carbocycles. The Morgan fingerprint density at radius 2 is 1.78 bits per heavy atom. The van der Waals surface area contributed by atoms with Crippen LogP contribution in [0.5, 0.6) is 0 Å². The SMILES string of the molecule is Cc1c(NCCCCCN)ccc(N2C[C@@H](C)O[C@@H](C)C2)c1C. The highest BCUT2D eigenvalue weighted by Gasteiger charge is 2.23. The summed E-state index contributed by atoms with van der Waals surface area (Å²) in [4.78, 5) is 2.46. The Balaban J connectivity index is 2.02. The number of nitrogens with zero attached hydrogens (tertiary/aromatic N) is 1. The minimum Gasteiger partial charge on any atom is -0.385 e. The number of unbranched alkanes of at least 4 members (excludes halogenated alkanes) is 2. The Labute approximate surface area is 141 Å². The van der Waals surface area contributed by atoms with Crippen LogP contribution < -0.4 is 16.0 Å². The average Bonchev–Trinajstić information content (AvgIpc) is 2.50. The molecule has 2 atom stereocenters. The molecule has 3 N–H and O–H groups in total. The van der Waals surface area contributed by atoms with E-state index in [-0.39, 0.29) is 0 Å². The standard InChI is InChI=1S/C19H33N3O/c1-14-12-22(13-15(2)23-14)19-9-8-18(16(3)17(19)4)21-11-7-5-6-10-20/h8-9,14-15,21H,5-7,10-13,20H2,1-4H3/t14-,15+. The van der Waals surface area contributed by atoms with E-state index in [1.54, 1.807) is 0 Å². The molecule has 4 heteroatoms. The van der Waals surface area contributed by atoms with Gasteiger partial charge in [0.15, 0.2) is 0 Å². The molecule has 1 aromatic carbocycles. The normalized spacial score (nSPS) is 21.5. The van der Waals surface area contributed by atoms with E-state index in [0.29, 0.717) is 12.2 Å². The van der Waals surface area contributed by atoms with Gasteiger partial charge in [-0.1, -0.05) is 6.42 Å². The molecule has 1 fully saturated rings. The molecule has 130 valence electrons. The Morgan fingerprint density at radius 1 is 1.09 bits per heavy atom. The Hall–Kier alpha value is -1.26. The summed E-state index contributed by atoms with van der Waals surface area (Å²) in [7, 11) is 0. The van der Waals surface area contributed by atoms with E-state index < -0.39 is 0 Å². The minimum absolute atomic E-state index is 0.291. The third kappa shape index (κ3) is 4.85. The maximum atomic E-state index is 5.85. The molecule has 0 spiro atoms. The van der Waals surface area contributed by atoms with Gasteiger partial charge in [0.1, 0.15) is 0 Å². The van der Waals surface area contributed by atoms with Crippen LogP contribution in [0.2, 0.25) is 0 Å². The van der Waals surface area contributed by atoms with Gasteiger partial charge in [0, 0.05) is 31.0 Å². The van der Waals surface area contributed by atoms with Crippen LogP contribution in [0.15, 0.2) is 12.1 Å². The van der Waals surface area contributed by atoms with E-state index in [4.69, 9.17) is 10.5 Å². The molecule has 23 heavy (non-hydrogen) atoms. The van der Waals surface area contributed by atoms with Crippen LogP contribution in [-0.4, -0.2) is 38.4 Å². The summed E-state index contributed by atoms with van der Waals surface area (Å²) in [5.41, 5.74) is 10.9. The largest absolute Gasteiger partial charge is 0.385 e. The molecule has 0 unspecified atom stereocenters. The van der Waals surface area contributed by atoms with Crippen molar-refractivity contribution in [3.05, 3.63) is 23.3 Å². The Bertz CT molecular complexity index is 494. The van der Waals surface area contributed by atoms with Crippen molar-refractivity contribution in [2.24, 2.45) is 5.73 Å². The number of morpholine rings is 1. The highest BCUT2D eigenvalue weighted by Crippen LogP contribution is 2.30. The number of hydrogen-bond acceptors (Lipinski definition) is 4. The van der Waals surface area contributed by atoms with Crippen LogP contribution in [0, 0.1) is 13.8 Å². The number of ether oxygens (including phenoxy) is 1. The lowest BCUT2D eigenvalue weighted by Gasteiger charge is -2.38. The van der Waals surface area contributed by atoms with E-state index in [1.807, 2.05) is 0 Å². The van der Waals surface area contributed by atoms with Gasteiger partial charge >= 0.3 is 0 Å².